The lowest BCUT2D eigenvalue weighted by atomic mass is 9.75. The summed E-state index contributed by atoms with van der Waals surface area (Å²) >= 11 is 1.93. The molecule has 6 rings (SSSR count). The number of hydrogen-bond acceptors (Lipinski definition) is 2. The Labute approximate surface area is 213 Å². The predicted molar refractivity (Wildman–Crippen MR) is 154 cm³/mol. The molecule has 2 aromatic heterocycles. The molecule has 1 saturated carbocycles. The molecule has 0 amide bonds. The van der Waals surface area contributed by atoms with Crippen LogP contribution in [0.15, 0.2) is 66.9 Å². The molecule has 1 aliphatic carbocycles. The first-order valence-corrected chi connectivity index (χ1v) is 14.3. The number of nitrogens with zero attached hydrogens (tertiary/aromatic N) is 1. The predicted octanol–water partition coefficient (Wildman–Crippen LogP) is 10.4. The number of aromatic nitrogens is 1. The molecule has 0 aliphatic heterocycles. The molecule has 3 aromatic carbocycles. The smallest absolute Gasteiger partial charge is 0.0880 e. The molecule has 35 heavy (non-hydrogen) atoms. The van der Waals surface area contributed by atoms with Crippen molar-refractivity contribution >= 4 is 42.3 Å². The van der Waals surface area contributed by atoms with Gasteiger partial charge in [0.1, 0.15) is 0 Å². The van der Waals surface area contributed by atoms with Crippen LogP contribution >= 0.6 is 11.3 Å². The summed E-state index contributed by atoms with van der Waals surface area (Å²) in [5.41, 5.74) is 5.52. The van der Waals surface area contributed by atoms with E-state index >= 15 is 0 Å². The van der Waals surface area contributed by atoms with Gasteiger partial charge in [-0.25, -0.2) is 0 Å². The SMILES string of the molecule is CCC(C)(CC)c1cc(-c2nccc3c2sc2cc(C4CCCCC4)ccc23)cc2ccccc12. The topological polar surface area (TPSA) is 12.9 Å². The zero-order valence-electron chi connectivity index (χ0n) is 21.2. The number of fused-ring (bicyclic) bond motifs is 4. The lowest BCUT2D eigenvalue weighted by molar-refractivity contribution is 0.443. The molecule has 0 saturated heterocycles. The van der Waals surface area contributed by atoms with Gasteiger partial charge in [0.2, 0.25) is 0 Å². The van der Waals surface area contributed by atoms with E-state index in [2.05, 4.69) is 81.4 Å². The van der Waals surface area contributed by atoms with E-state index in [1.165, 1.54) is 79.7 Å². The molecule has 0 atom stereocenters. The van der Waals surface area contributed by atoms with Gasteiger partial charge in [-0.2, -0.15) is 0 Å². The third-order valence-electron chi connectivity index (χ3n) is 8.84. The largest absolute Gasteiger partial charge is 0.255 e. The summed E-state index contributed by atoms with van der Waals surface area (Å²) in [6.07, 6.45) is 11.1. The number of thiophene rings is 1. The third kappa shape index (κ3) is 3.87. The highest BCUT2D eigenvalue weighted by Crippen LogP contribution is 2.44. The summed E-state index contributed by atoms with van der Waals surface area (Å²) in [5.74, 6) is 0.736. The fourth-order valence-electron chi connectivity index (χ4n) is 6.19. The molecular formula is C33H35NS. The minimum Gasteiger partial charge on any atom is -0.255 e. The lowest BCUT2D eigenvalue weighted by Crippen LogP contribution is -2.20. The van der Waals surface area contributed by atoms with Crippen molar-refractivity contribution in [2.45, 2.75) is 77.0 Å². The van der Waals surface area contributed by atoms with E-state index in [0.29, 0.717) is 0 Å². The molecule has 0 spiro atoms. The van der Waals surface area contributed by atoms with E-state index < -0.39 is 0 Å². The maximum atomic E-state index is 4.98. The second-order valence-corrected chi connectivity index (χ2v) is 11.8. The Bertz CT molecular complexity index is 1520. The Kier molecular flexibility index (Phi) is 5.89. The Balaban J connectivity index is 1.55. The second-order valence-electron chi connectivity index (χ2n) is 10.7. The van der Waals surface area contributed by atoms with Gasteiger partial charge >= 0.3 is 0 Å². The molecule has 0 bridgehead atoms. The van der Waals surface area contributed by atoms with Crippen molar-refractivity contribution in [3.63, 3.8) is 0 Å². The molecule has 0 unspecified atom stereocenters. The zero-order chi connectivity index (χ0) is 24.0. The summed E-state index contributed by atoms with van der Waals surface area (Å²) in [6.45, 7) is 7.05. The maximum Gasteiger partial charge on any atom is 0.0880 e. The molecule has 0 N–H and O–H groups in total. The highest BCUT2D eigenvalue weighted by atomic mass is 32.1. The van der Waals surface area contributed by atoms with Crippen LogP contribution in [0.5, 0.6) is 0 Å². The first-order valence-electron chi connectivity index (χ1n) is 13.5. The first-order chi connectivity index (χ1) is 17.1. The van der Waals surface area contributed by atoms with Crippen LogP contribution in [-0.2, 0) is 5.41 Å². The van der Waals surface area contributed by atoms with Gasteiger partial charge < -0.3 is 0 Å². The van der Waals surface area contributed by atoms with Crippen LogP contribution in [0.25, 0.3) is 42.2 Å². The molecule has 178 valence electrons. The molecule has 2 heteroatoms. The van der Waals surface area contributed by atoms with Crippen LogP contribution in [0.1, 0.15) is 82.8 Å². The quantitative estimate of drug-likeness (QED) is 0.245. The van der Waals surface area contributed by atoms with Crippen molar-refractivity contribution < 1.29 is 0 Å². The number of pyridine rings is 1. The van der Waals surface area contributed by atoms with Gasteiger partial charge in [0.25, 0.3) is 0 Å². The normalized spacial score (nSPS) is 15.4. The van der Waals surface area contributed by atoms with Crippen LogP contribution in [0.2, 0.25) is 0 Å². The zero-order valence-corrected chi connectivity index (χ0v) is 22.0. The Hall–Kier alpha value is -2.71. The average Bonchev–Trinajstić information content (AvgIpc) is 3.30. The highest BCUT2D eigenvalue weighted by molar-refractivity contribution is 7.26. The van der Waals surface area contributed by atoms with Crippen molar-refractivity contribution in [3.8, 4) is 11.3 Å². The van der Waals surface area contributed by atoms with Crippen molar-refractivity contribution in [3.05, 3.63) is 78.0 Å². The number of rotatable bonds is 5. The Morgan fingerprint density at radius 2 is 1.66 bits per heavy atom. The van der Waals surface area contributed by atoms with Gasteiger partial charge in [-0.3, -0.25) is 4.98 Å². The van der Waals surface area contributed by atoms with Crippen molar-refractivity contribution in [2.24, 2.45) is 0 Å². The van der Waals surface area contributed by atoms with Gasteiger partial charge in [0.15, 0.2) is 0 Å². The van der Waals surface area contributed by atoms with Crippen LogP contribution in [0.4, 0.5) is 0 Å². The van der Waals surface area contributed by atoms with Gasteiger partial charge in [0, 0.05) is 27.2 Å². The molecule has 0 radical (unpaired) electrons. The van der Waals surface area contributed by atoms with Crippen LogP contribution < -0.4 is 0 Å². The van der Waals surface area contributed by atoms with E-state index in [-0.39, 0.29) is 5.41 Å². The lowest BCUT2D eigenvalue weighted by Gasteiger charge is -2.29. The minimum absolute atomic E-state index is 0.151. The van der Waals surface area contributed by atoms with E-state index in [1.54, 1.807) is 0 Å². The minimum atomic E-state index is 0.151. The van der Waals surface area contributed by atoms with Crippen LogP contribution in [0, 0.1) is 0 Å². The fraction of sp³-hybridized carbons (Fsp3) is 0.364. The standard InChI is InChI=1S/C33H35NS/c1-4-33(3,5-2)29-20-25(19-24-13-9-10-14-26(24)29)31-32-28(17-18-34-31)27-16-15-23(21-30(27)35-32)22-11-7-6-8-12-22/h9-10,13-22H,4-8,11-12H2,1-3H3. The van der Waals surface area contributed by atoms with E-state index in [4.69, 9.17) is 4.98 Å². The average molecular weight is 478 g/mol. The van der Waals surface area contributed by atoms with Gasteiger partial charge in [-0.15, -0.1) is 11.3 Å². The Morgan fingerprint density at radius 3 is 2.46 bits per heavy atom. The molecule has 5 aromatic rings. The van der Waals surface area contributed by atoms with E-state index in [1.807, 2.05) is 17.5 Å². The van der Waals surface area contributed by atoms with E-state index in [0.717, 1.165) is 24.5 Å². The molecule has 2 heterocycles. The van der Waals surface area contributed by atoms with Crippen molar-refractivity contribution in [1.29, 1.82) is 0 Å². The van der Waals surface area contributed by atoms with Gasteiger partial charge in [-0.1, -0.05) is 76.4 Å². The van der Waals surface area contributed by atoms with Crippen molar-refractivity contribution in [2.75, 3.05) is 0 Å². The molecule has 1 aliphatic rings. The second kappa shape index (κ2) is 9.06. The molecule has 1 nitrogen and oxygen atoms in total. The summed E-state index contributed by atoms with van der Waals surface area (Å²) in [5, 5.41) is 5.41. The fourth-order valence-corrected chi connectivity index (χ4v) is 7.45. The van der Waals surface area contributed by atoms with Crippen LogP contribution in [0.3, 0.4) is 0 Å². The van der Waals surface area contributed by atoms with Gasteiger partial charge in [-0.05, 0) is 83.2 Å². The van der Waals surface area contributed by atoms with Gasteiger partial charge in [0.05, 0.1) is 10.4 Å². The third-order valence-corrected chi connectivity index (χ3v) is 10.0. The highest BCUT2D eigenvalue weighted by Gasteiger charge is 2.26. The van der Waals surface area contributed by atoms with E-state index in [9.17, 15) is 0 Å². The summed E-state index contributed by atoms with van der Waals surface area (Å²) in [6, 6.07) is 23.1. The van der Waals surface area contributed by atoms with Crippen LogP contribution in [-0.4, -0.2) is 4.98 Å². The summed E-state index contributed by atoms with van der Waals surface area (Å²) in [7, 11) is 0. The number of benzene rings is 3. The Morgan fingerprint density at radius 1 is 0.857 bits per heavy atom. The summed E-state index contributed by atoms with van der Waals surface area (Å²) < 4.78 is 2.73. The summed E-state index contributed by atoms with van der Waals surface area (Å²) in [4.78, 5) is 4.98. The monoisotopic (exact) mass is 477 g/mol. The first kappa shape index (κ1) is 22.7. The maximum absolute atomic E-state index is 4.98. The molecular weight excluding hydrogens is 442 g/mol. The van der Waals surface area contributed by atoms with Crippen molar-refractivity contribution in [1.82, 2.24) is 4.98 Å². The molecule has 1 fully saturated rings. The number of hydrogen-bond donors (Lipinski definition) is 0.